The van der Waals surface area contributed by atoms with Crippen LogP contribution >= 0.6 is 0 Å². The van der Waals surface area contributed by atoms with Crippen LogP contribution in [0, 0.1) is 5.41 Å². The van der Waals surface area contributed by atoms with Gasteiger partial charge in [0.2, 0.25) is 5.91 Å². The summed E-state index contributed by atoms with van der Waals surface area (Å²) in [5.41, 5.74) is 2.58. The molecule has 1 aromatic rings. The van der Waals surface area contributed by atoms with Gasteiger partial charge in [-0.15, -0.1) is 0 Å². The molecule has 2 amide bonds. The molecule has 1 heterocycles. The smallest absolute Gasteiger partial charge is 0.274 e. The molecular formula is C17H22N2O4. The van der Waals surface area contributed by atoms with Gasteiger partial charge in [-0.3, -0.25) is 14.8 Å². The minimum Gasteiger partial charge on any atom is -0.488 e. The first-order valence-corrected chi connectivity index (χ1v) is 7.96. The van der Waals surface area contributed by atoms with Gasteiger partial charge in [-0.2, -0.15) is 0 Å². The lowest BCUT2D eigenvalue weighted by molar-refractivity contribution is -0.147. The van der Waals surface area contributed by atoms with E-state index >= 15 is 0 Å². The van der Waals surface area contributed by atoms with Crippen LogP contribution in [0.3, 0.4) is 0 Å². The summed E-state index contributed by atoms with van der Waals surface area (Å²) < 4.78 is 5.88. The summed E-state index contributed by atoms with van der Waals surface area (Å²) in [4.78, 5) is 26.2. The van der Waals surface area contributed by atoms with Gasteiger partial charge in [0, 0.05) is 23.1 Å². The number of benzene rings is 1. The molecule has 1 fully saturated rings. The van der Waals surface area contributed by atoms with E-state index in [2.05, 4.69) is 0 Å². The number of rotatable bonds is 2. The summed E-state index contributed by atoms with van der Waals surface area (Å²) in [7, 11) is 0. The second kappa shape index (κ2) is 5.85. The zero-order valence-corrected chi connectivity index (χ0v) is 13.5. The molecule has 124 valence electrons. The van der Waals surface area contributed by atoms with Crippen LogP contribution in [0.5, 0.6) is 5.75 Å². The van der Waals surface area contributed by atoms with Crippen LogP contribution in [-0.4, -0.2) is 34.6 Å². The third kappa shape index (κ3) is 2.91. The second-order valence-electron chi connectivity index (χ2n) is 6.79. The maximum Gasteiger partial charge on any atom is 0.274 e. The molecule has 0 unspecified atom stereocenters. The number of hydroxylamine groups is 1. The highest BCUT2D eigenvalue weighted by Gasteiger charge is 2.42. The van der Waals surface area contributed by atoms with Crippen LogP contribution in [-0.2, 0) is 11.3 Å². The number of hydrogen-bond donors (Lipinski definition) is 2. The van der Waals surface area contributed by atoms with E-state index in [0.717, 1.165) is 24.8 Å². The number of fused-ring (bicyclic) bond motifs is 1. The van der Waals surface area contributed by atoms with E-state index < -0.39 is 5.91 Å². The Hall–Kier alpha value is -2.08. The van der Waals surface area contributed by atoms with Crippen LogP contribution in [0.2, 0.25) is 0 Å². The molecule has 1 aliphatic carbocycles. The average molecular weight is 318 g/mol. The number of amides is 2. The third-order valence-corrected chi connectivity index (χ3v) is 4.86. The standard InChI is InChI=1S/C17H22N2O4/c1-11-9-19(16(21)17(2)6-3-7-17)10-13-5-4-12(15(20)18-22)8-14(13)23-11/h4-5,8,11,22H,3,6-7,9-10H2,1-2H3,(H,18,20)/t11-/m1/s1. The van der Waals surface area contributed by atoms with Gasteiger partial charge < -0.3 is 9.64 Å². The van der Waals surface area contributed by atoms with Gasteiger partial charge in [0.15, 0.2) is 0 Å². The van der Waals surface area contributed by atoms with Gasteiger partial charge in [0.25, 0.3) is 5.91 Å². The minimum absolute atomic E-state index is 0.156. The Morgan fingerprint density at radius 1 is 1.39 bits per heavy atom. The SMILES string of the molecule is C[C@@H]1CN(C(=O)C2(C)CCC2)Cc2ccc(C(=O)NO)cc2O1. The van der Waals surface area contributed by atoms with E-state index in [1.54, 1.807) is 23.7 Å². The van der Waals surface area contributed by atoms with E-state index in [1.807, 2.05) is 18.7 Å². The van der Waals surface area contributed by atoms with Crippen LogP contribution in [0.1, 0.15) is 49.0 Å². The Morgan fingerprint density at radius 2 is 2.13 bits per heavy atom. The summed E-state index contributed by atoms with van der Waals surface area (Å²) in [6, 6.07) is 5.01. The van der Waals surface area contributed by atoms with Gasteiger partial charge in [0.1, 0.15) is 11.9 Å². The molecule has 0 saturated heterocycles. The van der Waals surface area contributed by atoms with Gasteiger partial charge in [-0.1, -0.05) is 19.4 Å². The lowest BCUT2D eigenvalue weighted by Gasteiger charge is -2.40. The van der Waals surface area contributed by atoms with Crippen LogP contribution < -0.4 is 10.2 Å². The van der Waals surface area contributed by atoms with E-state index in [-0.39, 0.29) is 17.4 Å². The Kier molecular flexibility index (Phi) is 4.02. The van der Waals surface area contributed by atoms with Crippen molar-refractivity contribution in [3.05, 3.63) is 29.3 Å². The minimum atomic E-state index is -0.580. The Morgan fingerprint density at radius 3 is 2.74 bits per heavy atom. The van der Waals surface area contributed by atoms with E-state index in [9.17, 15) is 9.59 Å². The number of hydrogen-bond acceptors (Lipinski definition) is 4. The van der Waals surface area contributed by atoms with Crippen molar-refractivity contribution in [2.45, 2.75) is 45.8 Å². The fourth-order valence-corrected chi connectivity index (χ4v) is 3.29. The molecule has 1 atom stereocenters. The largest absolute Gasteiger partial charge is 0.488 e. The zero-order valence-electron chi connectivity index (χ0n) is 13.5. The number of nitrogens with zero attached hydrogens (tertiary/aromatic N) is 1. The summed E-state index contributed by atoms with van der Waals surface area (Å²) >= 11 is 0. The highest BCUT2D eigenvalue weighted by molar-refractivity contribution is 5.93. The Labute approximate surface area is 135 Å². The first kappa shape index (κ1) is 15.8. The van der Waals surface area contributed by atoms with Crippen LogP contribution in [0.25, 0.3) is 0 Å². The van der Waals surface area contributed by atoms with Crippen molar-refractivity contribution in [2.75, 3.05) is 6.54 Å². The molecule has 1 aliphatic heterocycles. The first-order valence-electron chi connectivity index (χ1n) is 7.96. The number of ether oxygens (including phenoxy) is 1. The third-order valence-electron chi connectivity index (χ3n) is 4.86. The molecule has 2 N–H and O–H groups in total. The van der Waals surface area contributed by atoms with E-state index in [4.69, 9.17) is 9.94 Å². The van der Waals surface area contributed by atoms with Crippen molar-refractivity contribution in [2.24, 2.45) is 5.41 Å². The molecule has 2 aliphatic rings. The van der Waals surface area contributed by atoms with E-state index in [1.165, 1.54) is 0 Å². The number of nitrogens with one attached hydrogen (secondary N) is 1. The molecule has 0 bridgehead atoms. The van der Waals surface area contributed by atoms with Crippen molar-refractivity contribution >= 4 is 11.8 Å². The topological polar surface area (TPSA) is 78.9 Å². The van der Waals surface area contributed by atoms with Crippen molar-refractivity contribution in [1.82, 2.24) is 10.4 Å². The molecule has 3 rings (SSSR count). The monoisotopic (exact) mass is 318 g/mol. The van der Waals surface area contributed by atoms with Crippen molar-refractivity contribution in [1.29, 1.82) is 0 Å². The maximum atomic E-state index is 12.8. The molecule has 0 spiro atoms. The molecule has 1 saturated carbocycles. The molecule has 0 aromatic heterocycles. The van der Waals surface area contributed by atoms with Gasteiger partial charge in [-0.05, 0) is 31.9 Å². The fourth-order valence-electron chi connectivity index (χ4n) is 3.29. The normalized spacial score (nSPS) is 22.2. The Balaban J connectivity index is 1.86. The fraction of sp³-hybridized carbons (Fsp3) is 0.529. The Bertz CT molecular complexity index is 639. The van der Waals surface area contributed by atoms with Crippen molar-refractivity contribution in [3.63, 3.8) is 0 Å². The summed E-state index contributed by atoms with van der Waals surface area (Å²) in [6.45, 7) is 4.96. The maximum absolute atomic E-state index is 12.8. The molecule has 23 heavy (non-hydrogen) atoms. The molecule has 6 heteroatoms. The van der Waals surface area contributed by atoms with Crippen LogP contribution in [0.15, 0.2) is 18.2 Å². The molecule has 1 aromatic carbocycles. The predicted molar refractivity (Wildman–Crippen MR) is 83.2 cm³/mol. The van der Waals surface area contributed by atoms with Gasteiger partial charge in [-0.25, -0.2) is 5.48 Å². The zero-order chi connectivity index (χ0) is 16.6. The number of carbonyl (C=O) groups is 2. The highest BCUT2D eigenvalue weighted by Crippen LogP contribution is 2.42. The summed E-state index contributed by atoms with van der Waals surface area (Å²) in [6.07, 6.45) is 2.84. The molecule has 0 radical (unpaired) electrons. The quantitative estimate of drug-likeness (QED) is 0.646. The molecular weight excluding hydrogens is 296 g/mol. The van der Waals surface area contributed by atoms with Gasteiger partial charge >= 0.3 is 0 Å². The van der Waals surface area contributed by atoms with E-state index in [0.29, 0.717) is 24.4 Å². The van der Waals surface area contributed by atoms with Crippen molar-refractivity contribution < 1.29 is 19.5 Å². The number of carbonyl (C=O) groups excluding carboxylic acids is 2. The first-order chi connectivity index (χ1) is 10.9. The lowest BCUT2D eigenvalue weighted by atomic mass is 9.69. The van der Waals surface area contributed by atoms with Crippen LogP contribution in [0.4, 0.5) is 0 Å². The summed E-state index contributed by atoms with van der Waals surface area (Å²) in [5, 5.41) is 8.74. The highest BCUT2D eigenvalue weighted by atomic mass is 16.5. The second-order valence-corrected chi connectivity index (χ2v) is 6.79. The summed E-state index contributed by atoms with van der Waals surface area (Å²) in [5.74, 6) is 0.195. The average Bonchev–Trinajstić information content (AvgIpc) is 2.68. The predicted octanol–water partition coefficient (Wildman–Crippen LogP) is 2.11. The lowest BCUT2D eigenvalue weighted by Crippen LogP contribution is -2.47. The van der Waals surface area contributed by atoms with Gasteiger partial charge in [0.05, 0.1) is 6.54 Å². The van der Waals surface area contributed by atoms with Crippen molar-refractivity contribution in [3.8, 4) is 5.75 Å². The molecule has 6 nitrogen and oxygen atoms in total.